The number of methoxy groups -OCH3 is 1. The number of pyridine rings is 1. The summed E-state index contributed by atoms with van der Waals surface area (Å²) < 4.78 is 18.9. The average Bonchev–Trinajstić information content (AvgIpc) is 3.38. The number of thiophene rings is 1. The van der Waals surface area contributed by atoms with Crippen molar-refractivity contribution >= 4 is 33.4 Å². The third kappa shape index (κ3) is 4.12. The van der Waals surface area contributed by atoms with Gasteiger partial charge in [-0.05, 0) is 35.7 Å². The first-order valence-electron chi connectivity index (χ1n) is 10.1. The minimum Gasteiger partial charge on any atom is -0.494 e. The van der Waals surface area contributed by atoms with E-state index in [0.717, 1.165) is 22.2 Å². The molecule has 0 bridgehead atoms. The van der Waals surface area contributed by atoms with E-state index in [4.69, 9.17) is 4.74 Å². The molecular formula is C23H24FN3O3S. The molecule has 0 saturated carbocycles. The zero-order chi connectivity index (χ0) is 22.1. The lowest BCUT2D eigenvalue weighted by molar-refractivity contribution is -0.129. The van der Waals surface area contributed by atoms with E-state index in [9.17, 15) is 14.0 Å². The number of aromatic nitrogens is 1. The summed E-state index contributed by atoms with van der Waals surface area (Å²) in [5.41, 5.74) is 1.60. The van der Waals surface area contributed by atoms with E-state index in [2.05, 4.69) is 4.98 Å². The summed E-state index contributed by atoms with van der Waals surface area (Å²) in [6, 6.07) is 8.45. The van der Waals surface area contributed by atoms with Crippen molar-refractivity contribution in [1.29, 1.82) is 0 Å². The first-order chi connectivity index (χ1) is 14.9. The number of likely N-dealkylation sites (tertiary alicyclic amines) is 1. The molecule has 1 fully saturated rings. The van der Waals surface area contributed by atoms with Crippen molar-refractivity contribution in [2.24, 2.45) is 0 Å². The van der Waals surface area contributed by atoms with E-state index in [1.807, 2.05) is 12.1 Å². The van der Waals surface area contributed by atoms with Crippen LogP contribution in [0, 0.1) is 5.82 Å². The maximum atomic E-state index is 14.0. The normalized spacial score (nSPS) is 16.0. The van der Waals surface area contributed by atoms with Gasteiger partial charge in [-0.2, -0.15) is 0 Å². The van der Waals surface area contributed by atoms with Crippen LogP contribution in [0.2, 0.25) is 0 Å². The maximum Gasteiger partial charge on any atom is 0.263 e. The van der Waals surface area contributed by atoms with Crippen LogP contribution >= 0.6 is 11.3 Å². The smallest absolute Gasteiger partial charge is 0.263 e. The number of rotatable bonds is 5. The minimum atomic E-state index is -0.476. The van der Waals surface area contributed by atoms with E-state index in [1.54, 1.807) is 36.2 Å². The highest BCUT2D eigenvalue weighted by molar-refractivity contribution is 7.20. The molecule has 6 nitrogen and oxygen atoms in total. The Kier molecular flexibility index (Phi) is 5.91. The van der Waals surface area contributed by atoms with Crippen molar-refractivity contribution in [1.82, 2.24) is 14.8 Å². The van der Waals surface area contributed by atoms with Crippen LogP contribution in [-0.2, 0) is 11.2 Å². The molecular weight excluding hydrogens is 417 g/mol. The number of carbonyl (C=O) groups is 2. The van der Waals surface area contributed by atoms with Crippen molar-refractivity contribution in [3.05, 3.63) is 58.3 Å². The number of carbonyl (C=O) groups excluding carboxylic acids is 2. The second-order valence-corrected chi connectivity index (χ2v) is 8.87. The highest BCUT2D eigenvalue weighted by atomic mass is 32.1. The molecule has 8 heteroatoms. The molecule has 1 atom stereocenters. The maximum absolute atomic E-state index is 14.0. The van der Waals surface area contributed by atoms with Crippen molar-refractivity contribution in [2.75, 3.05) is 34.3 Å². The van der Waals surface area contributed by atoms with Gasteiger partial charge in [0.2, 0.25) is 5.91 Å². The SMILES string of the molecule is COc1ccc(CC(=O)N2CC[C@@H](c3c(C(=O)N(C)C)sc4ncccc34)C2)cc1F. The number of hydrogen-bond acceptors (Lipinski definition) is 5. The van der Waals surface area contributed by atoms with Crippen LogP contribution in [0.15, 0.2) is 36.5 Å². The fraction of sp³-hybridized carbons (Fsp3) is 0.348. The van der Waals surface area contributed by atoms with E-state index in [0.29, 0.717) is 23.5 Å². The highest BCUT2D eigenvalue weighted by Gasteiger charge is 2.33. The largest absolute Gasteiger partial charge is 0.494 e. The van der Waals surface area contributed by atoms with Crippen molar-refractivity contribution < 1.29 is 18.7 Å². The lowest BCUT2D eigenvalue weighted by Crippen LogP contribution is -2.30. The van der Waals surface area contributed by atoms with Crippen LogP contribution < -0.4 is 4.74 Å². The molecule has 3 heterocycles. The lowest BCUT2D eigenvalue weighted by atomic mass is 9.95. The number of nitrogens with zero attached hydrogens (tertiary/aromatic N) is 3. The van der Waals surface area contributed by atoms with Crippen molar-refractivity contribution in [3.8, 4) is 5.75 Å². The number of hydrogen-bond donors (Lipinski definition) is 0. The van der Waals surface area contributed by atoms with E-state index >= 15 is 0 Å². The second-order valence-electron chi connectivity index (χ2n) is 7.87. The Hall–Kier alpha value is -3.00. The summed E-state index contributed by atoms with van der Waals surface area (Å²) in [5, 5.41) is 0.981. The summed E-state index contributed by atoms with van der Waals surface area (Å²) in [6.07, 6.45) is 2.63. The van der Waals surface area contributed by atoms with E-state index in [-0.39, 0.29) is 29.9 Å². The minimum absolute atomic E-state index is 0.0449. The lowest BCUT2D eigenvalue weighted by Gasteiger charge is -2.18. The van der Waals surface area contributed by atoms with E-state index in [1.165, 1.54) is 30.6 Å². The zero-order valence-electron chi connectivity index (χ0n) is 17.7. The number of benzene rings is 1. The first-order valence-corrected chi connectivity index (χ1v) is 10.9. The van der Waals surface area contributed by atoms with Crippen LogP contribution in [0.1, 0.15) is 33.1 Å². The Morgan fingerprint density at radius 1 is 1.32 bits per heavy atom. The van der Waals surface area contributed by atoms with Gasteiger partial charge >= 0.3 is 0 Å². The fourth-order valence-electron chi connectivity index (χ4n) is 4.05. The van der Waals surface area contributed by atoms with E-state index < -0.39 is 5.82 Å². The predicted octanol–water partition coefficient (Wildman–Crippen LogP) is 3.70. The molecule has 0 spiro atoms. The fourth-order valence-corrected chi connectivity index (χ4v) is 5.30. The summed E-state index contributed by atoms with van der Waals surface area (Å²) in [6.45, 7) is 1.14. The molecule has 1 saturated heterocycles. The van der Waals surface area contributed by atoms with Crippen LogP contribution in [0.5, 0.6) is 5.75 Å². The Morgan fingerprint density at radius 3 is 2.84 bits per heavy atom. The molecule has 2 amide bonds. The number of ether oxygens (including phenoxy) is 1. The predicted molar refractivity (Wildman–Crippen MR) is 118 cm³/mol. The summed E-state index contributed by atoms with van der Waals surface area (Å²) >= 11 is 1.41. The Labute approximate surface area is 184 Å². The van der Waals surface area contributed by atoms with Gasteiger partial charge in [0.25, 0.3) is 5.91 Å². The Balaban J connectivity index is 1.55. The Morgan fingerprint density at radius 2 is 2.13 bits per heavy atom. The third-order valence-electron chi connectivity index (χ3n) is 5.63. The van der Waals surface area contributed by atoms with Crippen LogP contribution in [-0.4, -0.2) is 60.9 Å². The van der Waals surface area contributed by atoms with Gasteiger partial charge < -0.3 is 14.5 Å². The molecule has 0 radical (unpaired) electrons. The molecule has 1 aliphatic heterocycles. The zero-order valence-corrected chi connectivity index (χ0v) is 18.5. The molecule has 2 aromatic heterocycles. The van der Waals surface area contributed by atoms with Gasteiger partial charge in [-0.3, -0.25) is 9.59 Å². The highest BCUT2D eigenvalue weighted by Crippen LogP contribution is 2.40. The summed E-state index contributed by atoms with van der Waals surface area (Å²) in [5.74, 6) is -0.347. The molecule has 4 rings (SSSR count). The van der Waals surface area contributed by atoms with Gasteiger partial charge in [0.05, 0.1) is 18.4 Å². The molecule has 1 aromatic carbocycles. The van der Waals surface area contributed by atoms with Gasteiger partial charge in [0.1, 0.15) is 4.83 Å². The summed E-state index contributed by atoms with van der Waals surface area (Å²) in [7, 11) is 4.89. The molecule has 3 aromatic rings. The number of amides is 2. The number of fused-ring (bicyclic) bond motifs is 1. The van der Waals surface area contributed by atoms with Crippen molar-refractivity contribution in [3.63, 3.8) is 0 Å². The molecule has 0 aliphatic carbocycles. The standard InChI is InChI=1S/C23H24FN3O3S/c1-26(2)23(29)21-20(16-5-4-9-25-22(16)31-21)15-8-10-27(13-15)19(28)12-14-6-7-18(30-3)17(24)11-14/h4-7,9,11,15H,8,10,12-13H2,1-3H3/t15-/m1/s1. The first kappa shape index (κ1) is 21.2. The topological polar surface area (TPSA) is 62.7 Å². The molecule has 0 unspecified atom stereocenters. The van der Waals surface area contributed by atoms with Crippen molar-refractivity contribution in [2.45, 2.75) is 18.8 Å². The van der Waals surface area contributed by atoms with Gasteiger partial charge in [-0.15, -0.1) is 11.3 Å². The Bertz CT molecular complexity index is 1140. The van der Waals surface area contributed by atoms with Gasteiger partial charge in [0, 0.05) is 44.7 Å². The molecule has 162 valence electrons. The quantitative estimate of drug-likeness (QED) is 0.606. The third-order valence-corrected chi connectivity index (χ3v) is 6.74. The second kappa shape index (κ2) is 8.63. The monoisotopic (exact) mass is 441 g/mol. The van der Waals surface area contributed by atoms with Crippen LogP contribution in [0.25, 0.3) is 10.2 Å². The van der Waals surface area contributed by atoms with Crippen LogP contribution in [0.4, 0.5) is 4.39 Å². The van der Waals surface area contributed by atoms with Gasteiger partial charge in [-0.1, -0.05) is 12.1 Å². The van der Waals surface area contributed by atoms with Crippen LogP contribution in [0.3, 0.4) is 0 Å². The molecule has 1 aliphatic rings. The van der Waals surface area contributed by atoms with Gasteiger partial charge in [-0.25, -0.2) is 9.37 Å². The molecule has 31 heavy (non-hydrogen) atoms. The average molecular weight is 442 g/mol. The summed E-state index contributed by atoms with van der Waals surface area (Å²) in [4.78, 5) is 35.0. The van der Waals surface area contributed by atoms with Gasteiger partial charge in [0.15, 0.2) is 11.6 Å². The number of halogens is 1. The molecule has 0 N–H and O–H groups in total.